The third-order valence-corrected chi connectivity index (χ3v) is 6.68. The van der Waals surface area contributed by atoms with Crippen LogP contribution in [0.4, 0.5) is 0 Å². The van der Waals surface area contributed by atoms with Crippen LogP contribution in [0.2, 0.25) is 0 Å². The molecule has 168 valence electrons. The van der Waals surface area contributed by atoms with Gasteiger partial charge in [-0.1, -0.05) is 30.3 Å². The monoisotopic (exact) mass is 434 g/mol. The highest BCUT2D eigenvalue weighted by atomic mass is 16.5. The van der Waals surface area contributed by atoms with Crippen LogP contribution in [-0.2, 0) is 7.05 Å². The van der Waals surface area contributed by atoms with Gasteiger partial charge in [-0.25, -0.2) is 10.9 Å². The van der Waals surface area contributed by atoms with Crippen molar-refractivity contribution in [2.24, 2.45) is 7.05 Å². The summed E-state index contributed by atoms with van der Waals surface area (Å²) < 4.78 is 7.03. The first-order valence-corrected chi connectivity index (χ1v) is 11.2. The number of benzene rings is 2. The molecule has 0 radical (unpaired) electrons. The van der Waals surface area contributed by atoms with Crippen LogP contribution in [0.3, 0.4) is 0 Å². The SMILES string of the molecule is COc1ccc(C2CC(N3CCC(NC(=O)c4nn(C)c5ccccc45)CC3)NN2)cc1. The van der Waals surface area contributed by atoms with Crippen LogP contribution in [-0.4, -0.2) is 53.0 Å². The first-order valence-electron chi connectivity index (χ1n) is 11.2. The van der Waals surface area contributed by atoms with Gasteiger partial charge < -0.3 is 10.1 Å². The largest absolute Gasteiger partial charge is 0.497 e. The third kappa shape index (κ3) is 4.09. The number of hydrogen-bond donors (Lipinski definition) is 3. The molecular formula is C24H30N6O2. The molecule has 3 heterocycles. The number of rotatable bonds is 5. The Bertz CT molecular complexity index is 1090. The normalized spacial score (nSPS) is 22.3. The fourth-order valence-electron chi connectivity index (χ4n) is 4.82. The van der Waals surface area contributed by atoms with Crippen LogP contribution in [0.25, 0.3) is 10.9 Å². The lowest BCUT2D eigenvalue weighted by molar-refractivity contribution is 0.0876. The van der Waals surface area contributed by atoms with E-state index in [9.17, 15) is 4.79 Å². The van der Waals surface area contributed by atoms with Crippen molar-refractivity contribution in [1.29, 1.82) is 0 Å². The van der Waals surface area contributed by atoms with Crippen molar-refractivity contribution in [2.45, 2.75) is 37.5 Å². The molecule has 1 amide bonds. The number of para-hydroxylation sites is 1. The molecule has 2 atom stereocenters. The van der Waals surface area contributed by atoms with Gasteiger partial charge in [-0.15, -0.1) is 0 Å². The predicted molar refractivity (Wildman–Crippen MR) is 123 cm³/mol. The number of methoxy groups -OCH3 is 1. The highest BCUT2D eigenvalue weighted by molar-refractivity contribution is 6.04. The maximum atomic E-state index is 12.9. The topological polar surface area (TPSA) is 83.5 Å². The second-order valence-corrected chi connectivity index (χ2v) is 8.64. The average Bonchev–Trinajstić information content (AvgIpc) is 3.45. The highest BCUT2D eigenvalue weighted by Crippen LogP contribution is 2.27. The van der Waals surface area contributed by atoms with E-state index in [4.69, 9.17) is 4.74 Å². The van der Waals surface area contributed by atoms with Crippen LogP contribution >= 0.6 is 0 Å². The molecule has 0 saturated carbocycles. The summed E-state index contributed by atoms with van der Waals surface area (Å²) in [6.45, 7) is 1.89. The Kier molecular flexibility index (Phi) is 5.82. The molecule has 2 saturated heterocycles. The first kappa shape index (κ1) is 20.9. The molecule has 8 nitrogen and oxygen atoms in total. The average molecular weight is 435 g/mol. The molecule has 2 unspecified atom stereocenters. The lowest BCUT2D eigenvalue weighted by atomic mass is 10.0. The van der Waals surface area contributed by atoms with Gasteiger partial charge in [-0.2, -0.15) is 5.10 Å². The Hall–Kier alpha value is -2.94. The van der Waals surface area contributed by atoms with Gasteiger partial charge in [-0.3, -0.25) is 14.4 Å². The van der Waals surface area contributed by atoms with Gasteiger partial charge in [0.15, 0.2) is 5.69 Å². The summed E-state index contributed by atoms with van der Waals surface area (Å²) in [7, 11) is 3.56. The summed E-state index contributed by atoms with van der Waals surface area (Å²) >= 11 is 0. The smallest absolute Gasteiger partial charge is 0.272 e. The molecule has 3 N–H and O–H groups in total. The van der Waals surface area contributed by atoms with E-state index in [1.54, 1.807) is 11.8 Å². The molecule has 5 rings (SSSR count). The second-order valence-electron chi connectivity index (χ2n) is 8.64. The minimum atomic E-state index is -0.0829. The Morgan fingerprint density at radius 1 is 1.09 bits per heavy atom. The molecule has 3 aromatic rings. The predicted octanol–water partition coefficient (Wildman–Crippen LogP) is 2.34. The number of amides is 1. The molecule has 0 aliphatic carbocycles. The van der Waals surface area contributed by atoms with Crippen molar-refractivity contribution in [3.8, 4) is 5.75 Å². The van der Waals surface area contributed by atoms with E-state index in [0.29, 0.717) is 11.9 Å². The van der Waals surface area contributed by atoms with E-state index >= 15 is 0 Å². The van der Waals surface area contributed by atoms with Crippen molar-refractivity contribution in [3.63, 3.8) is 0 Å². The standard InChI is InChI=1S/C24H30N6O2/c1-29-21-6-4-3-5-19(21)23(28-29)24(31)25-17-11-13-30(14-12-17)22-15-20(26-27-22)16-7-9-18(32-2)10-8-16/h3-10,17,20,22,26-27H,11-15H2,1-2H3,(H,25,31). The minimum Gasteiger partial charge on any atom is -0.497 e. The number of aryl methyl sites for hydroxylation is 1. The van der Waals surface area contributed by atoms with E-state index in [-0.39, 0.29) is 18.0 Å². The zero-order valence-electron chi connectivity index (χ0n) is 18.5. The first-order chi connectivity index (χ1) is 15.6. The molecule has 2 aromatic carbocycles. The number of hydrogen-bond acceptors (Lipinski definition) is 6. The summed E-state index contributed by atoms with van der Waals surface area (Å²) in [4.78, 5) is 15.4. The summed E-state index contributed by atoms with van der Waals surface area (Å²) in [5.74, 6) is 0.791. The zero-order valence-corrected chi connectivity index (χ0v) is 18.5. The number of hydrazine groups is 1. The van der Waals surface area contributed by atoms with Crippen LogP contribution in [0, 0.1) is 0 Å². The van der Waals surface area contributed by atoms with Gasteiger partial charge in [0, 0.05) is 37.6 Å². The minimum absolute atomic E-state index is 0.0829. The van der Waals surface area contributed by atoms with E-state index < -0.39 is 0 Å². The Morgan fingerprint density at radius 2 is 1.84 bits per heavy atom. The molecule has 0 bridgehead atoms. The van der Waals surface area contributed by atoms with Gasteiger partial charge >= 0.3 is 0 Å². The number of nitrogens with zero attached hydrogens (tertiary/aromatic N) is 3. The maximum absolute atomic E-state index is 12.9. The quantitative estimate of drug-likeness (QED) is 0.572. The fraction of sp³-hybridized carbons (Fsp3) is 0.417. The number of carbonyl (C=O) groups is 1. The van der Waals surface area contributed by atoms with Gasteiger partial charge in [0.2, 0.25) is 0 Å². The lowest BCUT2D eigenvalue weighted by Gasteiger charge is -2.35. The van der Waals surface area contributed by atoms with Gasteiger partial charge in [-0.05, 0) is 43.0 Å². The Balaban J connectivity index is 1.14. The lowest BCUT2D eigenvalue weighted by Crippen LogP contribution is -2.51. The van der Waals surface area contributed by atoms with Crippen molar-refractivity contribution in [2.75, 3.05) is 20.2 Å². The zero-order chi connectivity index (χ0) is 22.1. The fourth-order valence-corrected chi connectivity index (χ4v) is 4.82. The highest BCUT2D eigenvalue weighted by Gasteiger charge is 2.32. The van der Waals surface area contributed by atoms with Crippen LogP contribution in [0.1, 0.15) is 41.4 Å². The molecule has 32 heavy (non-hydrogen) atoms. The van der Waals surface area contributed by atoms with E-state index in [1.807, 2.05) is 43.4 Å². The third-order valence-electron chi connectivity index (χ3n) is 6.68. The molecule has 8 heteroatoms. The molecule has 2 aliphatic rings. The number of ether oxygens (including phenoxy) is 1. The number of fused-ring (bicyclic) bond motifs is 1. The van der Waals surface area contributed by atoms with E-state index in [0.717, 1.165) is 49.0 Å². The van der Waals surface area contributed by atoms with Crippen LogP contribution < -0.4 is 20.9 Å². The molecule has 2 fully saturated rings. The van der Waals surface area contributed by atoms with Crippen molar-refractivity contribution < 1.29 is 9.53 Å². The second kappa shape index (κ2) is 8.90. The number of aromatic nitrogens is 2. The molecular weight excluding hydrogens is 404 g/mol. The van der Waals surface area contributed by atoms with E-state index in [1.165, 1.54) is 5.56 Å². The Morgan fingerprint density at radius 3 is 2.59 bits per heavy atom. The number of nitrogens with one attached hydrogen (secondary N) is 3. The molecule has 1 aromatic heterocycles. The van der Waals surface area contributed by atoms with Crippen molar-refractivity contribution in [1.82, 2.24) is 30.8 Å². The van der Waals surface area contributed by atoms with Gasteiger partial charge in [0.1, 0.15) is 5.75 Å². The van der Waals surface area contributed by atoms with Crippen molar-refractivity contribution in [3.05, 3.63) is 59.8 Å². The number of likely N-dealkylation sites (tertiary alicyclic amines) is 1. The van der Waals surface area contributed by atoms with Gasteiger partial charge in [0.05, 0.1) is 18.8 Å². The number of piperidine rings is 1. The molecule has 2 aliphatic heterocycles. The summed E-state index contributed by atoms with van der Waals surface area (Å²) in [5.41, 5.74) is 9.62. The Labute approximate surface area is 187 Å². The summed E-state index contributed by atoms with van der Waals surface area (Å²) in [6.07, 6.45) is 3.16. The van der Waals surface area contributed by atoms with Crippen molar-refractivity contribution >= 4 is 16.8 Å². The summed E-state index contributed by atoms with van der Waals surface area (Å²) in [6, 6.07) is 16.5. The van der Waals surface area contributed by atoms with Crippen LogP contribution in [0.15, 0.2) is 48.5 Å². The number of carbonyl (C=O) groups excluding carboxylic acids is 1. The van der Waals surface area contributed by atoms with Crippen LogP contribution in [0.5, 0.6) is 5.75 Å². The van der Waals surface area contributed by atoms with E-state index in [2.05, 4.69) is 38.3 Å². The summed E-state index contributed by atoms with van der Waals surface area (Å²) in [5, 5.41) is 8.56. The maximum Gasteiger partial charge on any atom is 0.272 e. The van der Waals surface area contributed by atoms with Gasteiger partial charge in [0.25, 0.3) is 5.91 Å². The molecule has 0 spiro atoms.